The Morgan fingerprint density at radius 1 is 1.45 bits per heavy atom. The topological polar surface area (TPSA) is 85.3 Å². The molecule has 1 saturated carbocycles. The summed E-state index contributed by atoms with van der Waals surface area (Å²) in [5, 5.41) is 0.653. The highest BCUT2D eigenvalue weighted by molar-refractivity contribution is 9.10. The van der Waals surface area contributed by atoms with E-state index in [1.54, 1.807) is 0 Å². The van der Waals surface area contributed by atoms with Gasteiger partial charge in [-0.05, 0) is 47.9 Å². The summed E-state index contributed by atoms with van der Waals surface area (Å²) in [4.78, 5) is 0.130. The van der Waals surface area contributed by atoms with Crippen LogP contribution in [0.1, 0.15) is 31.4 Å². The van der Waals surface area contributed by atoms with Gasteiger partial charge in [0.25, 0.3) is 0 Å². The first-order chi connectivity index (χ1) is 9.46. The van der Waals surface area contributed by atoms with Crippen molar-refractivity contribution in [2.45, 2.75) is 48.4 Å². The van der Waals surface area contributed by atoms with E-state index in [1.165, 1.54) is 6.07 Å². The van der Waals surface area contributed by atoms with Crippen LogP contribution in [0, 0.1) is 0 Å². The number of nitrogens with one attached hydrogen (secondary N) is 1. The summed E-state index contributed by atoms with van der Waals surface area (Å²) in [5.41, 5.74) is 5.46. The largest absolute Gasteiger partial charge is 0.452 e. The van der Waals surface area contributed by atoms with Crippen LogP contribution in [0.3, 0.4) is 0 Å². The second kappa shape index (κ2) is 6.83. The molecule has 1 aliphatic rings. The number of hydrogen-bond donors (Lipinski definition) is 2. The predicted molar refractivity (Wildman–Crippen MR) is 84.2 cm³/mol. The number of thioether (sulfide) groups is 1. The molecule has 0 aromatic carbocycles. The zero-order valence-electron chi connectivity index (χ0n) is 11.3. The van der Waals surface area contributed by atoms with Crippen LogP contribution in [-0.2, 0) is 16.6 Å². The molecule has 0 spiro atoms. The molecule has 1 heterocycles. The van der Waals surface area contributed by atoms with Gasteiger partial charge in [-0.3, -0.25) is 0 Å². The second-order valence-electron chi connectivity index (χ2n) is 4.89. The van der Waals surface area contributed by atoms with Crippen LogP contribution < -0.4 is 10.5 Å². The molecular weight excluding hydrogens is 364 g/mol. The Hall–Kier alpha value is -0.0200. The molecule has 0 atom stereocenters. The van der Waals surface area contributed by atoms with Crippen LogP contribution in [0.4, 0.5) is 0 Å². The Morgan fingerprint density at radius 3 is 2.60 bits per heavy atom. The van der Waals surface area contributed by atoms with Crippen molar-refractivity contribution in [3.63, 3.8) is 0 Å². The predicted octanol–water partition coefficient (Wildman–Crippen LogP) is 2.45. The van der Waals surface area contributed by atoms with Gasteiger partial charge in [-0.2, -0.15) is 11.8 Å². The van der Waals surface area contributed by atoms with Gasteiger partial charge in [0.15, 0.2) is 4.67 Å². The molecule has 0 amide bonds. The van der Waals surface area contributed by atoms with Crippen LogP contribution in [0.15, 0.2) is 20.0 Å². The zero-order chi connectivity index (χ0) is 14.8. The molecule has 5 nitrogen and oxygen atoms in total. The van der Waals surface area contributed by atoms with Crippen molar-refractivity contribution in [2.75, 3.05) is 6.26 Å². The maximum atomic E-state index is 12.4. The fourth-order valence-corrected chi connectivity index (χ4v) is 5.43. The summed E-state index contributed by atoms with van der Waals surface area (Å²) in [5.74, 6) is 0.448. The summed E-state index contributed by atoms with van der Waals surface area (Å²) in [6.45, 7) is 0.174. The third-order valence-corrected chi connectivity index (χ3v) is 7.04. The minimum atomic E-state index is -3.56. The first-order valence-electron chi connectivity index (χ1n) is 6.49. The number of rotatable bonds is 5. The highest BCUT2D eigenvalue weighted by atomic mass is 79.9. The lowest BCUT2D eigenvalue weighted by Gasteiger charge is -2.27. The SMILES string of the molecule is CSC1CCC(NS(=O)(=O)c2cc(CN)oc2Br)CC1. The van der Waals surface area contributed by atoms with Gasteiger partial charge < -0.3 is 10.2 Å². The van der Waals surface area contributed by atoms with E-state index in [4.69, 9.17) is 10.2 Å². The van der Waals surface area contributed by atoms with Crippen LogP contribution in [0.25, 0.3) is 0 Å². The minimum Gasteiger partial charge on any atom is -0.452 e. The Balaban J connectivity index is 2.06. The summed E-state index contributed by atoms with van der Waals surface area (Å²) in [6.07, 6.45) is 5.96. The van der Waals surface area contributed by atoms with Gasteiger partial charge in [-0.15, -0.1) is 0 Å². The van der Waals surface area contributed by atoms with E-state index in [0.29, 0.717) is 11.0 Å². The Labute approximate surface area is 132 Å². The zero-order valence-corrected chi connectivity index (χ0v) is 14.5. The molecular formula is C12H19BrN2O3S2. The summed E-state index contributed by atoms with van der Waals surface area (Å²) < 4.78 is 32.9. The van der Waals surface area contributed by atoms with E-state index in [1.807, 2.05) is 11.8 Å². The summed E-state index contributed by atoms with van der Waals surface area (Å²) in [6, 6.07) is 1.48. The van der Waals surface area contributed by atoms with Crippen LogP contribution in [0.5, 0.6) is 0 Å². The van der Waals surface area contributed by atoms with Gasteiger partial charge in [0.1, 0.15) is 10.7 Å². The maximum absolute atomic E-state index is 12.4. The van der Waals surface area contributed by atoms with E-state index in [-0.39, 0.29) is 22.2 Å². The van der Waals surface area contributed by atoms with Gasteiger partial charge in [-0.25, -0.2) is 13.1 Å². The lowest BCUT2D eigenvalue weighted by atomic mass is 9.96. The third kappa shape index (κ3) is 3.79. The van der Waals surface area contributed by atoms with E-state index in [0.717, 1.165) is 25.7 Å². The maximum Gasteiger partial charge on any atom is 0.245 e. The molecule has 20 heavy (non-hydrogen) atoms. The fourth-order valence-electron chi connectivity index (χ4n) is 2.38. The highest BCUT2D eigenvalue weighted by Crippen LogP contribution is 2.30. The number of furan rings is 1. The Bertz CT molecular complexity index is 551. The van der Waals surface area contributed by atoms with Crippen molar-refractivity contribution < 1.29 is 12.8 Å². The molecule has 1 aromatic rings. The molecule has 0 bridgehead atoms. The monoisotopic (exact) mass is 382 g/mol. The van der Waals surface area contributed by atoms with Crippen molar-refractivity contribution in [3.8, 4) is 0 Å². The van der Waals surface area contributed by atoms with Crippen LogP contribution in [0.2, 0.25) is 0 Å². The molecule has 8 heteroatoms. The average Bonchev–Trinajstić information content (AvgIpc) is 2.81. The number of nitrogens with two attached hydrogens (primary N) is 1. The van der Waals surface area contributed by atoms with Crippen molar-refractivity contribution >= 4 is 37.7 Å². The van der Waals surface area contributed by atoms with E-state index < -0.39 is 10.0 Å². The number of hydrogen-bond acceptors (Lipinski definition) is 5. The first kappa shape index (κ1) is 16.4. The average molecular weight is 383 g/mol. The Morgan fingerprint density at radius 2 is 2.10 bits per heavy atom. The van der Waals surface area contributed by atoms with Crippen molar-refractivity contribution in [2.24, 2.45) is 5.73 Å². The lowest BCUT2D eigenvalue weighted by molar-refractivity contribution is 0.419. The van der Waals surface area contributed by atoms with E-state index >= 15 is 0 Å². The molecule has 0 aliphatic heterocycles. The lowest BCUT2D eigenvalue weighted by Crippen LogP contribution is -2.38. The van der Waals surface area contributed by atoms with Gasteiger partial charge in [0.2, 0.25) is 10.0 Å². The smallest absolute Gasteiger partial charge is 0.245 e. The third-order valence-electron chi connectivity index (χ3n) is 3.53. The molecule has 0 saturated heterocycles. The van der Waals surface area contributed by atoms with E-state index in [9.17, 15) is 8.42 Å². The molecule has 0 radical (unpaired) electrons. The number of sulfonamides is 1. The molecule has 1 aliphatic carbocycles. The summed E-state index contributed by atoms with van der Waals surface area (Å²) >= 11 is 4.99. The minimum absolute atomic E-state index is 0.00604. The van der Waals surface area contributed by atoms with Gasteiger partial charge in [-0.1, -0.05) is 0 Å². The second-order valence-corrected chi connectivity index (χ2v) is 8.43. The Kier molecular flexibility index (Phi) is 5.58. The van der Waals surface area contributed by atoms with Crippen molar-refractivity contribution in [1.29, 1.82) is 0 Å². The van der Waals surface area contributed by atoms with Crippen LogP contribution in [-0.4, -0.2) is 26.0 Å². The van der Waals surface area contributed by atoms with Crippen molar-refractivity contribution in [1.82, 2.24) is 4.72 Å². The van der Waals surface area contributed by atoms with Gasteiger partial charge in [0, 0.05) is 17.4 Å². The quantitative estimate of drug-likeness (QED) is 0.816. The standard InChI is InChI=1S/C12H19BrN2O3S2/c1-19-10-4-2-8(3-5-10)15-20(16,17)11-6-9(7-14)18-12(11)13/h6,8,10,15H,2-5,7,14H2,1H3. The first-order valence-corrected chi connectivity index (χ1v) is 10.1. The fraction of sp³-hybridized carbons (Fsp3) is 0.667. The molecule has 1 aromatic heterocycles. The van der Waals surface area contributed by atoms with E-state index in [2.05, 4.69) is 26.9 Å². The molecule has 1 fully saturated rings. The molecule has 114 valence electrons. The van der Waals surface area contributed by atoms with Crippen molar-refractivity contribution in [3.05, 3.63) is 16.5 Å². The van der Waals surface area contributed by atoms with Crippen LogP contribution >= 0.6 is 27.7 Å². The number of halogens is 1. The normalized spacial score (nSPS) is 23.9. The van der Waals surface area contributed by atoms with Gasteiger partial charge in [0.05, 0.1) is 6.54 Å². The molecule has 2 rings (SSSR count). The van der Waals surface area contributed by atoms with Gasteiger partial charge >= 0.3 is 0 Å². The highest BCUT2D eigenvalue weighted by Gasteiger charge is 2.28. The summed E-state index contributed by atoms with van der Waals surface area (Å²) in [7, 11) is -3.56. The molecule has 3 N–H and O–H groups in total. The molecule has 0 unspecified atom stereocenters.